The quantitative estimate of drug-likeness (QED) is 0.228. The summed E-state index contributed by atoms with van der Waals surface area (Å²) in [6, 6.07) is 3.60. The number of hydrogen-bond donors (Lipinski definition) is 2. The maximum Gasteiger partial charge on any atom is 0.308 e. The van der Waals surface area contributed by atoms with Gasteiger partial charge in [-0.1, -0.05) is 75.1 Å². The first-order valence-corrected chi connectivity index (χ1v) is 13.0. The molecule has 0 bridgehead atoms. The number of halogens is 2. The van der Waals surface area contributed by atoms with Crippen molar-refractivity contribution in [2.24, 2.45) is 0 Å². The van der Waals surface area contributed by atoms with Gasteiger partial charge in [-0.25, -0.2) is 0 Å². The van der Waals surface area contributed by atoms with Crippen LogP contribution in [-0.2, 0) is 14.3 Å². The molecule has 0 aromatic heterocycles. The summed E-state index contributed by atoms with van der Waals surface area (Å²) in [6.45, 7) is 3.24. The molecule has 1 aromatic carbocycles. The number of nitrogens with one attached hydrogen (secondary N) is 2. The Kier molecular flexibility index (Phi) is 12.6. The van der Waals surface area contributed by atoms with Gasteiger partial charge in [0.1, 0.15) is 6.04 Å². The van der Waals surface area contributed by atoms with Crippen LogP contribution in [0.5, 0.6) is 0 Å². The molecule has 1 aromatic rings. The number of esters is 1. The summed E-state index contributed by atoms with van der Waals surface area (Å²) < 4.78 is 5.34. The highest BCUT2D eigenvalue weighted by molar-refractivity contribution is 7.80. The highest BCUT2D eigenvalue weighted by Gasteiger charge is 2.34. The Balaban J connectivity index is 1.81. The molecule has 1 aliphatic heterocycles. The highest BCUT2D eigenvalue weighted by atomic mass is 35.5. The zero-order chi connectivity index (χ0) is 24.9. The van der Waals surface area contributed by atoms with E-state index >= 15 is 0 Å². The van der Waals surface area contributed by atoms with Gasteiger partial charge in [-0.05, 0) is 36.8 Å². The van der Waals surface area contributed by atoms with Crippen molar-refractivity contribution in [3.8, 4) is 0 Å². The highest BCUT2D eigenvalue weighted by Crippen LogP contribution is 2.19. The molecular formula is C24H33Cl2N3O4S. The fourth-order valence-corrected chi connectivity index (χ4v) is 4.56. The van der Waals surface area contributed by atoms with E-state index in [0.717, 1.165) is 19.3 Å². The molecule has 0 radical (unpaired) electrons. The zero-order valence-electron chi connectivity index (χ0n) is 19.5. The maximum absolute atomic E-state index is 12.6. The van der Waals surface area contributed by atoms with Crippen LogP contribution >= 0.6 is 35.4 Å². The van der Waals surface area contributed by atoms with Crippen LogP contribution in [0.3, 0.4) is 0 Å². The van der Waals surface area contributed by atoms with Gasteiger partial charge in [-0.3, -0.25) is 19.7 Å². The average molecular weight is 531 g/mol. The Morgan fingerprint density at radius 1 is 1.09 bits per heavy atom. The van der Waals surface area contributed by atoms with E-state index in [0.29, 0.717) is 29.7 Å². The molecule has 1 saturated heterocycles. The van der Waals surface area contributed by atoms with Gasteiger partial charge in [0.25, 0.3) is 5.91 Å². The molecular weight excluding hydrogens is 497 g/mol. The molecule has 188 valence electrons. The summed E-state index contributed by atoms with van der Waals surface area (Å²) in [5.74, 6) is -1.31. The minimum Gasteiger partial charge on any atom is -0.466 e. The first kappa shape index (κ1) is 28.3. The van der Waals surface area contributed by atoms with Crippen LogP contribution in [0.2, 0.25) is 10.0 Å². The Hall–Kier alpha value is -1.90. The normalized spacial score (nSPS) is 15.6. The van der Waals surface area contributed by atoms with Gasteiger partial charge in [0.15, 0.2) is 5.11 Å². The van der Waals surface area contributed by atoms with Gasteiger partial charge in [-0.2, -0.15) is 0 Å². The predicted molar refractivity (Wildman–Crippen MR) is 138 cm³/mol. The molecule has 1 fully saturated rings. The van der Waals surface area contributed by atoms with E-state index in [4.69, 9.17) is 40.2 Å². The number of unbranched alkanes of at least 4 members (excludes halogenated alkanes) is 7. The van der Waals surface area contributed by atoms with Crippen LogP contribution in [0.1, 0.15) is 75.1 Å². The molecule has 0 aliphatic carbocycles. The third kappa shape index (κ3) is 9.76. The molecule has 10 heteroatoms. The Morgan fingerprint density at radius 3 is 2.35 bits per heavy atom. The zero-order valence-corrected chi connectivity index (χ0v) is 21.9. The van der Waals surface area contributed by atoms with Gasteiger partial charge in [0, 0.05) is 28.7 Å². The van der Waals surface area contributed by atoms with Crippen LogP contribution in [0.25, 0.3) is 0 Å². The molecule has 2 rings (SSSR count). The Bertz CT molecular complexity index is 848. The average Bonchev–Trinajstić information content (AvgIpc) is 2.78. The first-order chi connectivity index (χ1) is 16.3. The van der Waals surface area contributed by atoms with Crippen LogP contribution < -0.4 is 10.6 Å². The standard InChI is InChI=1S/C24H33Cl2N3O4S/c1-2-3-4-5-6-7-8-9-12-33-21(30)16-20-23(32)27-10-11-29(20)24(34)28-22(31)17-13-18(25)15-19(26)14-17/h13-15,20H,2-12,16H2,1H3,(H,27,32)(H,28,31,34). The van der Waals surface area contributed by atoms with E-state index in [1.165, 1.54) is 55.2 Å². The number of amides is 2. The van der Waals surface area contributed by atoms with Crippen LogP contribution in [0.4, 0.5) is 0 Å². The van der Waals surface area contributed by atoms with Gasteiger partial charge >= 0.3 is 5.97 Å². The summed E-state index contributed by atoms with van der Waals surface area (Å²) >= 11 is 17.3. The third-order valence-electron chi connectivity index (χ3n) is 5.56. The van der Waals surface area contributed by atoms with Gasteiger partial charge in [-0.15, -0.1) is 0 Å². The number of benzene rings is 1. The van der Waals surface area contributed by atoms with Crippen molar-refractivity contribution < 1.29 is 19.1 Å². The van der Waals surface area contributed by atoms with E-state index in [-0.39, 0.29) is 23.0 Å². The summed E-state index contributed by atoms with van der Waals surface area (Å²) in [7, 11) is 0. The van der Waals surface area contributed by atoms with Crippen molar-refractivity contribution in [3.63, 3.8) is 0 Å². The van der Waals surface area contributed by atoms with E-state index in [9.17, 15) is 14.4 Å². The van der Waals surface area contributed by atoms with E-state index in [1.54, 1.807) is 0 Å². The fraction of sp³-hybridized carbons (Fsp3) is 0.583. The Morgan fingerprint density at radius 2 is 1.71 bits per heavy atom. The second-order valence-corrected chi connectivity index (χ2v) is 9.58. The number of hydrogen-bond acceptors (Lipinski definition) is 5. The lowest BCUT2D eigenvalue weighted by atomic mass is 10.1. The third-order valence-corrected chi connectivity index (χ3v) is 6.33. The fourth-order valence-electron chi connectivity index (χ4n) is 3.73. The lowest BCUT2D eigenvalue weighted by molar-refractivity contribution is -0.147. The largest absolute Gasteiger partial charge is 0.466 e. The van der Waals surface area contributed by atoms with Crippen LogP contribution in [-0.4, -0.2) is 53.5 Å². The van der Waals surface area contributed by atoms with Gasteiger partial charge in [0.2, 0.25) is 5.91 Å². The molecule has 1 heterocycles. The SMILES string of the molecule is CCCCCCCCCCOC(=O)CC1C(=O)NCCN1C(=S)NC(=O)c1cc(Cl)cc(Cl)c1. The van der Waals surface area contributed by atoms with Gasteiger partial charge < -0.3 is 15.0 Å². The maximum atomic E-state index is 12.6. The molecule has 2 N–H and O–H groups in total. The van der Waals surface area contributed by atoms with E-state index in [1.807, 2.05) is 0 Å². The smallest absolute Gasteiger partial charge is 0.308 e. The Labute approximate surface area is 216 Å². The second-order valence-electron chi connectivity index (χ2n) is 8.32. The van der Waals surface area contributed by atoms with Crippen molar-refractivity contribution in [3.05, 3.63) is 33.8 Å². The molecule has 1 aliphatic rings. The number of thiocarbonyl (C=S) groups is 1. The number of nitrogens with zero attached hydrogens (tertiary/aromatic N) is 1. The van der Waals surface area contributed by atoms with Crippen molar-refractivity contribution >= 4 is 58.3 Å². The monoisotopic (exact) mass is 529 g/mol. The number of carbonyl (C=O) groups excluding carboxylic acids is 3. The van der Waals surface area contributed by atoms with Crippen molar-refractivity contribution in [2.45, 2.75) is 70.8 Å². The van der Waals surface area contributed by atoms with Gasteiger partial charge in [0.05, 0.1) is 13.0 Å². The lowest BCUT2D eigenvalue weighted by Gasteiger charge is -2.36. The molecule has 0 spiro atoms. The minimum atomic E-state index is -0.851. The number of piperazine rings is 1. The summed E-state index contributed by atoms with van der Waals surface area (Å²) in [6.07, 6.45) is 9.05. The molecule has 7 nitrogen and oxygen atoms in total. The van der Waals surface area contributed by atoms with Crippen LogP contribution in [0, 0.1) is 0 Å². The molecule has 2 amide bonds. The lowest BCUT2D eigenvalue weighted by Crippen LogP contribution is -2.60. The van der Waals surface area contributed by atoms with Crippen molar-refractivity contribution in [1.29, 1.82) is 0 Å². The summed E-state index contributed by atoms with van der Waals surface area (Å²) in [5, 5.41) is 6.02. The molecule has 1 atom stereocenters. The number of carbonyl (C=O) groups is 3. The van der Waals surface area contributed by atoms with E-state index < -0.39 is 17.9 Å². The second kappa shape index (κ2) is 15.2. The minimum absolute atomic E-state index is 0.0526. The van der Waals surface area contributed by atoms with Crippen molar-refractivity contribution in [2.75, 3.05) is 19.7 Å². The van der Waals surface area contributed by atoms with Crippen molar-refractivity contribution in [1.82, 2.24) is 15.5 Å². The summed E-state index contributed by atoms with van der Waals surface area (Å²) in [5.41, 5.74) is 0.239. The summed E-state index contributed by atoms with van der Waals surface area (Å²) in [4.78, 5) is 38.9. The van der Waals surface area contributed by atoms with E-state index in [2.05, 4.69) is 17.6 Å². The first-order valence-electron chi connectivity index (χ1n) is 11.8. The molecule has 0 saturated carbocycles. The van der Waals surface area contributed by atoms with Crippen LogP contribution in [0.15, 0.2) is 18.2 Å². The molecule has 34 heavy (non-hydrogen) atoms. The predicted octanol–water partition coefficient (Wildman–Crippen LogP) is 4.88. The molecule has 1 unspecified atom stereocenters. The number of rotatable bonds is 12. The number of ether oxygens (including phenoxy) is 1. The topological polar surface area (TPSA) is 87.7 Å².